The Labute approximate surface area is 174 Å². The second-order valence-corrected chi connectivity index (χ2v) is 7.86. The van der Waals surface area contributed by atoms with Crippen molar-refractivity contribution in [3.05, 3.63) is 35.9 Å². The first kappa shape index (κ1) is 21.2. The number of methoxy groups -OCH3 is 1. The minimum absolute atomic E-state index is 0.0216. The van der Waals surface area contributed by atoms with Gasteiger partial charge < -0.3 is 19.4 Å². The monoisotopic (exact) mass is 399 g/mol. The zero-order chi connectivity index (χ0) is 20.6. The van der Waals surface area contributed by atoms with Crippen LogP contribution in [0.1, 0.15) is 39.0 Å². The van der Waals surface area contributed by atoms with Gasteiger partial charge in [-0.2, -0.15) is 0 Å². The first-order valence-corrected chi connectivity index (χ1v) is 10.7. The molecule has 0 unspecified atom stereocenters. The maximum Gasteiger partial charge on any atom is 0.242 e. The molecule has 1 aliphatic heterocycles. The number of hydrogen-bond acceptors (Lipinski definition) is 4. The van der Waals surface area contributed by atoms with Crippen LogP contribution in [0.15, 0.2) is 35.9 Å². The Morgan fingerprint density at radius 3 is 2.38 bits per heavy atom. The van der Waals surface area contributed by atoms with Crippen molar-refractivity contribution < 1.29 is 14.3 Å². The van der Waals surface area contributed by atoms with Crippen LogP contribution in [0.4, 0.5) is 5.69 Å². The normalized spacial score (nSPS) is 17.0. The molecule has 0 saturated carbocycles. The molecule has 2 amide bonds. The lowest BCUT2D eigenvalue weighted by atomic mass is 9.97. The Morgan fingerprint density at radius 2 is 1.79 bits per heavy atom. The summed E-state index contributed by atoms with van der Waals surface area (Å²) < 4.78 is 5.21. The summed E-state index contributed by atoms with van der Waals surface area (Å²) in [5.41, 5.74) is 2.58. The minimum Gasteiger partial charge on any atom is -0.497 e. The molecular weight excluding hydrogens is 366 g/mol. The predicted molar refractivity (Wildman–Crippen MR) is 115 cm³/mol. The zero-order valence-corrected chi connectivity index (χ0v) is 17.7. The highest BCUT2D eigenvalue weighted by Gasteiger charge is 2.24. The van der Waals surface area contributed by atoms with Gasteiger partial charge in [0.25, 0.3) is 0 Å². The number of nitrogens with zero attached hydrogens (tertiary/aromatic N) is 3. The molecule has 1 heterocycles. The van der Waals surface area contributed by atoms with Gasteiger partial charge in [0, 0.05) is 45.3 Å². The first-order valence-electron chi connectivity index (χ1n) is 10.7. The van der Waals surface area contributed by atoms with Crippen molar-refractivity contribution in [1.82, 2.24) is 9.80 Å². The van der Waals surface area contributed by atoms with Gasteiger partial charge in [-0.05, 0) is 56.4 Å². The van der Waals surface area contributed by atoms with Crippen molar-refractivity contribution in [3.63, 3.8) is 0 Å². The number of amides is 2. The Kier molecular flexibility index (Phi) is 7.55. The summed E-state index contributed by atoms with van der Waals surface area (Å²) >= 11 is 0. The molecule has 2 aliphatic rings. The van der Waals surface area contributed by atoms with E-state index in [4.69, 9.17) is 4.74 Å². The molecule has 3 rings (SSSR count). The molecule has 0 bridgehead atoms. The van der Waals surface area contributed by atoms with Gasteiger partial charge >= 0.3 is 0 Å². The summed E-state index contributed by atoms with van der Waals surface area (Å²) in [4.78, 5) is 30.7. The lowest BCUT2D eigenvalue weighted by Gasteiger charge is -2.37. The molecule has 0 atom stereocenters. The molecule has 6 nitrogen and oxygen atoms in total. The predicted octanol–water partition coefficient (Wildman–Crippen LogP) is 3.08. The highest BCUT2D eigenvalue weighted by molar-refractivity contribution is 5.84. The third kappa shape index (κ3) is 5.99. The molecule has 0 radical (unpaired) electrons. The standard InChI is InChI=1S/C23H33N3O3/c1-19(27)26(13-12-20-6-4-3-5-7-20)18-23(28)25-16-14-24(15-17-25)21-8-10-22(29-2)11-9-21/h6,8-11H,3-5,7,12-18H2,1-2H3. The third-order valence-electron chi connectivity index (χ3n) is 5.93. The molecule has 0 spiro atoms. The lowest BCUT2D eigenvalue weighted by Crippen LogP contribution is -2.51. The molecule has 1 saturated heterocycles. The van der Waals surface area contributed by atoms with E-state index in [0.717, 1.165) is 43.8 Å². The Hall–Kier alpha value is -2.50. The summed E-state index contributed by atoms with van der Waals surface area (Å²) in [6, 6.07) is 8.01. The van der Waals surface area contributed by atoms with Crippen LogP contribution >= 0.6 is 0 Å². The molecular formula is C23H33N3O3. The van der Waals surface area contributed by atoms with Crippen molar-refractivity contribution in [2.24, 2.45) is 0 Å². The van der Waals surface area contributed by atoms with Crippen LogP contribution in [0.25, 0.3) is 0 Å². The number of carbonyl (C=O) groups is 2. The molecule has 158 valence electrons. The number of carbonyl (C=O) groups excluding carboxylic acids is 2. The van der Waals surface area contributed by atoms with Gasteiger partial charge in [0.05, 0.1) is 13.7 Å². The number of piperazine rings is 1. The van der Waals surface area contributed by atoms with Gasteiger partial charge in [-0.3, -0.25) is 9.59 Å². The van der Waals surface area contributed by atoms with Crippen LogP contribution in [-0.4, -0.2) is 68.0 Å². The summed E-state index contributed by atoms with van der Waals surface area (Å²) in [6.07, 6.45) is 7.98. The highest BCUT2D eigenvalue weighted by atomic mass is 16.5. The van der Waals surface area contributed by atoms with Crippen molar-refractivity contribution >= 4 is 17.5 Å². The van der Waals surface area contributed by atoms with E-state index in [2.05, 4.69) is 11.0 Å². The Morgan fingerprint density at radius 1 is 1.07 bits per heavy atom. The van der Waals surface area contributed by atoms with Crippen LogP contribution in [0, 0.1) is 0 Å². The highest BCUT2D eigenvalue weighted by Crippen LogP contribution is 2.22. The zero-order valence-electron chi connectivity index (χ0n) is 17.7. The van der Waals surface area contributed by atoms with E-state index >= 15 is 0 Å². The SMILES string of the molecule is COc1ccc(N2CCN(C(=O)CN(CCC3=CCCCC3)C(C)=O)CC2)cc1. The second kappa shape index (κ2) is 10.3. The van der Waals surface area contributed by atoms with Gasteiger partial charge in [-0.15, -0.1) is 0 Å². The second-order valence-electron chi connectivity index (χ2n) is 7.86. The van der Waals surface area contributed by atoms with E-state index in [0.29, 0.717) is 19.6 Å². The van der Waals surface area contributed by atoms with E-state index in [9.17, 15) is 9.59 Å². The van der Waals surface area contributed by atoms with Gasteiger partial charge in [0.2, 0.25) is 11.8 Å². The van der Waals surface area contributed by atoms with Gasteiger partial charge in [0.1, 0.15) is 5.75 Å². The number of benzene rings is 1. The topological polar surface area (TPSA) is 53.1 Å². The van der Waals surface area contributed by atoms with E-state index in [1.54, 1.807) is 18.9 Å². The minimum atomic E-state index is -0.0216. The molecule has 1 aromatic rings. The quantitative estimate of drug-likeness (QED) is 0.661. The number of hydrogen-bond donors (Lipinski definition) is 0. The van der Waals surface area contributed by atoms with Crippen LogP contribution in [0.3, 0.4) is 0 Å². The van der Waals surface area contributed by atoms with Crippen molar-refractivity contribution in [2.75, 3.05) is 51.3 Å². The summed E-state index contributed by atoms with van der Waals surface area (Å²) in [5.74, 6) is 0.870. The molecule has 0 aromatic heterocycles. The van der Waals surface area contributed by atoms with E-state index in [1.807, 2.05) is 29.2 Å². The van der Waals surface area contributed by atoms with E-state index < -0.39 is 0 Å². The van der Waals surface area contributed by atoms with Crippen molar-refractivity contribution in [3.8, 4) is 5.75 Å². The van der Waals surface area contributed by atoms with Crippen molar-refractivity contribution in [2.45, 2.75) is 39.0 Å². The number of ether oxygens (including phenoxy) is 1. The number of allylic oxidation sites excluding steroid dienone is 1. The van der Waals surface area contributed by atoms with Crippen molar-refractivity contribution in [1.29, 1.82) is 0 Å². The van der Waals surface area contributed by atoms with E-state index in [1.165, 1.54) is 18.4 Å². The van der Waals surface area contributed by atoms with Gasteiger partial charge in [-0.25, -0.2) is 0 Å². The maximum atomic E-state index is 12.8. The molecule has 29 heavy (non-hydrogen) atoms. The smallest absolute Gasteiger partial charge is 0.242 e. The van der Waals surface area contributed by atoms with Crippen LogP contribution in [-0.2, 0) is 9.59 Å². The Bertz CT molecular complexity index is 721. The molecule has 0 N–H and O–H groups in total. The number of anilines is 1. The fourth-order valence-electron chi connectivity index (χ4n) is 4.03. The van der Waals surface area contributed by atoms with Crippen LogP contribution in [0.5, 0.6) is 5.75 Å². The third-order valence-corrected chi connectivity index (χ3v) is 5.93. The Balaban J connectivity index is 1.48. The summed E-state index contributed by atoms with van der Waals surface area (Å²) in [7, 11) is 1.66. The molecule has 1 aliphatic carbocycles. The van der Waals surface area contributed by atoms with Crippen LogP contribution < -0.4 is 9.64 Å². The summed E-state index contributed by atoms with van der Waals surface area (Å²) in [6.45, 7) is 5.34. The average molecular weight is 400 g/mol. The lowest BCUT2D eigenvalue weighted by molar-refractivity contribution is -0.139. The number of rotatable bonds is 7. The fraction of sp³-hybridized carbons (Fsp3) is 0.565. The van der Waals surface area contributed by atoms with Crippen LogP contribution in [0.2, 0.25) is 0 Å². The maximum absolute atomic E-state index is 12.8. The molecule has 1 fully saturated rings. The largest absolute Gasteiger partial charge is 0.497 e. The first-order chi connectivity index (χ1) is 14.1. The average Bonchev–Trinajstić information content (AvgIpc) is 2.77. The fourth-order valence-corrected chi connectivity index (χ4v) is 4.03. The van der Waals surface area contributed by atoms with Gasteiger partial charge in [0.15, 0.2) is 0 Å². The molecule has 1 aromatic carbocycles. The summed E-state index contributed by atoms with van der Waals surface area (Å²) in [5, 5.41) is 0. The molecule has 6 heteroatoms. The van der Waals surface area contributed by atoms with Gasteiger partial charge in [-0.1, -0.05) is 11.6 Å². The van der Waals surface area contributed by atoms with E-state index in [-0.39, 0.29) is 18.4 Å².